The van der Waals surface area contributed by atoms with Crippen LogP contribution in [0.1, 0.15) is 115 Å². The zero-order valence-electron chi connectivity index (χ0n) is 28.1. The molecule has 8 nitrogen and oxygen atoms in total. The number of hydrogen-bond acceptors (Lipinski definition) is 7. The van der Waals surface area contributed by atoms with Gasteiger partial charge >= 0.3 is 5.97 Å². The Bertz CT molecular complexity index is 1040. The Morgan fingerprint density at radius 3 is 2.29 bits per heavy atom. The summed E-state index contributed by atoms with van der Waals surface area (Å²) in [6.07, 6.45) is 18.3. The maximum Gasteiger partial charge on any atom is 0.323 e. The van der Waals surface area contributed by atoms with E-state index in [9.17, 15) is 9.59 Å². The zero-order chi connectivity index (χ0) is 31.9. The molecule has 0 aromatic heterocycles. The normalized spacial score (nSPS) is 22.9. The number of amides is 1. The highest BCUT2D eigenvalue weighted by Gasteiger charge is 2.33. The van der Waals surface area contributed by atoms with E-state index in [0.29, 0.717) is 30.3 Å². The largest absolute Gasteiger partial charge is 0.461 e. The number of rotatable bonds is 17. The fourth-order valence-electron chi connectivity index (χ4n) is 7.02. The van der Waals surface area contributed by atoms with Gasteiger partial charge in [0.2, 0.25) is 0 Å². The van der Waals surface area contributed by atoms with Gasteiger partial charge in [0, 0.05) is 12.6 Å². The average molecular weight is 626 g/mol. The molecule has 1 amide bonds. The van der Waals surface area contributed by atoms with Crippen LogP contribution in [0.15, 0.2) is 30.3 Å². The van der Waals surface area contributed by atoms with Crippen LogP contribution in [0.3, 0.4) is 0 Å². The Morgan fingerprint density at radius 1 is 0.889 bits per heavy atom. The zero-order valence-corrected chi connectivity index (χ0v) is 28.1. The number of esters is 1. The molecular formula is C37H59N3O5. The Kier molecular flexibility index (Phi) is 15.4. The topological polar surface area (TPSA) is 97.9 Å². The van der Waals surface area contributed by atoms with E-state index in [-0.39, 0.29) is 24.0 Å². The second-order valence-corrected chi connectivity index (χ2v) is 14.1. The number of nitrogens with one attached hydrogen (secondary N) is 3. The fourth-order valence-corrected chi connectivity index (χ4v) is 7.02. The number of ether oxygens (including phenoxy) is 2. The van der Waals surface area contributed by atoms with Crippen molar-refractivity contribution in [2.24, 2.45) is 23.7 Å². The maximum atomic E-state index is 13.2. The Balaban J connectivity index is 1.13. The van der Waals surface area contributed by atoms with Gasteiger partial charge < -0.3 is 20.1 Å². The molecule has 0 heterocycles. The molecule has 1 aromatic rings. The van der Waals surface area contributed by atoms with Gasteiger partial charge in [-0.1, -0.05) is 57.4 Å². The summed E-state index contributed by atoms with van der Waals surface area (Å²) in [4.78, 5) is 30.6. The highest BCUT2D eigenvalue weighted by Crippen LogP contribution is 2.31. The Labute approximate surface area is 271 Å². The molecule has 3 saturated carbocycles. The SMILES string of the molecule is CC(C)COC(C)ONC(=O)C=Cc1cccc(CNCC2CCC(CN[C@H](C(=O)OC3CCCC3)C3CCCCC3)CC2)c1. The quantitative estimate of drug-likeness (QED) is 0.0768. The highest BCUT2D eigenvalue weighted by atomic mass is 16.8. The Hall–Kier alpha value is -2.26. The van der Waals surface area contributed by atoms with Gasteiger partial charge in [-0.15, -0.1) is 0 Å². The van der Waals surface area contributed by atoms with E-state index in [0.717, 1.165) is 50.9 Å². The maximum absolute atomic E-state index is 13.2. The van der Waals surface area contributed by atoms with Gasteiger partial charge in [-0.3, -0.25) is 9.59 Å². The predicted octanol–water partition coefficient (Wildman–Crippen LogP) is 6.69. The van der Waals surface area contributed by atoms with E-state index < -0.39 is 6.29 Å². The second-order valence-electron chi connectivity index (χ2n) is 14.1. The van der Waals surface area contributed by atoms with Crippen molar-refractivity contribution in [1.82, 2.24) is 16.1 Å². The van der Waals surface area contributed by atoms with Crippen molar-refractivity contribution in [2.45, 2.75) is 129 Å². The minimum atomic E-state index is -0.499. The van der Waals surface area contributed by atoms with Crippen molar-refractivity contribution in [3.63, 3.8) is 0 Å². The number of carbonyl (C=O) groups is 2. The third-order valence-electron chi connectivity index (χ3n) is 9.68. The van der Waals surface area contributed by atoms with Crippen LogP contribution in [0.5, 0.6) is 0 Å². The fraction of sp³-hybridized carbons (Fsp3) is 0.730. The molecule has 252 valence electrons. The summed E-state index contributed by atoms with van der Waals surface area (Å²) < 4.78 is 11.5. The van der Waals surface area contributed by atoms with Gasteiger partial charge in [0.1, 0.15) is 12.1 Å². The molecule has 3 N–H and O–H groups in total. The molecule has 3 aliphatic carbocycles. The first-order valence-corrected chi connectivity index (χ1v) is 17.8. The first-order valence-electron chi connectivity index (χ1n) is 17.8. The van der Waals surface area contributed by atoms with Crippen LogP contribution >= 0.6 is 0 Å². The lowest BCUT2D eigenvalue weighted by molar-refractivity contribution is -0.180. The van der Waals surface area contributed by atoms with E-state index in [2.05, 4.69) is 42.1 Å². The third kappa shape index (κ3) is 13.2. The van der Waals surface area contributed by atoms with E-state index >= 15 is 0 Å². The van der Waals surface area contributed by atoms with E-state index in [1.165, 1.54) is 69.4 Å². The number of carbonyl (C=O) groups excluding carboxylic acids is 2. The summed E-state index contributed by atoms with van der Waals surface area (Å²) in [6, 6.07) is 8.11. The van der Waals surface area contributed by atoms with Gasteiger partial charge in [-0.05, 0) is 125 Å². The predicted molar refractivity (Wildman–Crippen MR) is 179 cm³/mol. The number of hydroxylamine groups is 1. The molecule has 0 aliphatic heterocycles. The summed E-state index contributed by atoms with van der Waals surface area (Å²) >= 11 is 0. The molecule has 4 rings (SSSR count). The van der Waals surface area contributed by atoms with Crippen molar-refractivity contribution in [3.05, 3.63) is 41.5 Å². The molecule has 45 heavy (non-hydrogen) atoms. The van der Waals surface area contributed by atoms with Crippen molar-refractivity contribution in [2.75, 3.05) is 19.7 Å². The second kappa shape index (κ2) is 19.4. The Morgan fingerprint density at radius 2 is 1.58 bits per heavy atom. The molecule has 8 heteroatoms. The van der Waals surface area contributed by atoms with Gasteiger partial charge in [-0.25, -0.2) is 10.3 Å². The molecule has 0 bridgehead atoms. The lowest BCUT2D eigenvalue weighted by Gasteiger charge is -2.33. The van der Waals surface area contributed by atoms with Gasteiger partial charge in [0.05, 0.1) is 6.61 Å². The molecule has 3 fully saturated rings. The van der Waals surface area contributed by atoms with Crippen molar-refractivity contribution < 1.29 is 23.9 Å². The summed E-state index contributed by atoms with van der Waals surface area (Å²) in [6.45, 7) is 9.20. The molecular weight excluding hydrogens is 566 g/mol. The van der Waals surface area contributed by atoms with E-state index in [1.807, 2.05) is 12.1 Å². The molecule has 0 spiro atoms. The van der Waals surface area contributed by atoms with Crippen LogP contribution in [0.4, 0.5) is 0 Å². The number of hydrogen-bond donors (Lipinski definition) is 3. The lowest BCUT2D eigenvalue weighted by atomic mass is 9.80. The van der Waals surface area contributed by atoms with Crippen molar-refractivity contribution >= 4 is 18.0 Å². The van der Waals surface area contributed by atoms with Crippen LogP contribution in [0.25, 0.3) is 6.08 Å². The van der Waals surface area contributed by atoms with E-state index in [1.54, 1.807) is 13.0 Å². The molecule has 0 saturated heterocycles. The van der Waals surface area contributed by atoms with Crippen molar-refractivity contribution in [3.8, 4) is 0 Å². The van der Waals surface area contributed by atoms with Crippen LogP contribution in [-0.2, 0) is 30.4 Å². The average Bonchev–Trinajstić information content (AvgIpc) is 3.56. The smallest absolute Gasteiger partial charge is 0.323 e. The number of benzene rings is 1. The van der Waals surface area contributed by atoms with Crippen molar-refractivity contribution in [1.29, 1.82) is 0 Å². The lowest BCUT2D eigenvalue weighted by Crippen LogP contribution is -2.47. The summed E-state index contributed by atoms with van der Waals surface area (Å²) in [5.41, 5.74) is 4.59. The van der Waals surface area contributed by atoms with Gasteiger partial charge in [0.25, 0.3) is 5.91 Å². The molecule has 1 aromatic carbocycles. The standard InChI is InChI=1S/C37H59N3O5/c1-27(2)26-43-28(3)45-40-35(41)21-20-29-10-9-11-32(22-29)24-38-23-30-16-18-31(19-17-30)25-39-36(33-12-5-4-6-13-33)37(42)44-34-14-7-8-15-34/h9-11,20-22,27-28,30-31,33-34,36,38-39H,4-8,12-19,23-26H2,1-3H3,(H,40,41)/t28?,30?,31?,36-/m0/s1. The molecule has 1 unspecified atom stereocenters. The van der Waals surface area contributed by atoms with E-state index in [4.69, 9.17) is 14.3 Å². The van der Waals surface area contributed by atoms with Crippen LogP contribution < -0.4 is 16.1 Å². The first-order chi connectivity index (χ1) is 21.9. The van der Waals surface area contributed by atoms with Gasteiger partial charge in [-0.2, -0.15) is 0 Å². The monoisotopic (exact) mass is 625 g/mol. The molecule has 3 aliphatic rings. The summed E-state index contributed by atoms with van der Waals surface area (Å²) in [5, 5.41) is 7.38. The third-order valence-corrected chi connectivity index (χ3v) is 9.68. The highest BCUT2D eigenvalue weighted by molar-refractivity contribution is 5.90. The molecule has 0 radical (unpaired) electrons. The minimum Gasteiger partial charge on any atom is -0.461 e. The van der Waals surface area contributed by atoms with Gasteiger partial charge in [0.15, 0.2) is 6.29 Å². The summed E-state index contributed by atoms with van der Waals surface area (Å²) in [7, 11) is 0. The van der Waals surface area contributed by atoms with Crippen LogP contribution in [-0.4, -0.2) is 50.0 Å². The van der Waals surface area contributed by atoms with Crippen LogP contribution in [0.2, 0.25) is 0 Å². The summed E-state index contributed by atoms with van der Waals surface area (Å²) in [5.74, 6) is 1.84. The first kappa shape index (κ1) is 35.6. The minimum absolute atomic E-state index is 0.0146. The molecule has 2 atom stereocenters. The van der Waals surface area contributed by atoms with Crippen LogP contribution in [0, 0.1) is 23.7 Å².